The van der Waals surface area contributed by atoms with E-state index < -0.39 is 5.66 Å². The zero-order valence-electron chi connectivity index (χ0n) is 15.4. The lowest BCUT2D eigenvalue weighted by atomic mass is 9.95. The molecule has 1 aromatic rings. The summed E-state index contributed by atoms with van der Waals surface area (Å²) in [5.41, 5.74) is 0.769. The SMILES string of the molecule is O=C(CN1CC[C@]2(CCC1=O)NC(=O)c1ccccc1N2)NC1CCCC1. The topological polar surface area (TPSA) is 90.5 Å². The number of amides is 3. The van der Waals surface area contributed by atoms with E-state index in [1.807, 2.05) is 18.2 Å². The van der Waals surface area contributed by atoms with E-state index in [-0.39, 0.29) is 30.3 Å². The number of para-hydroxylation sites is 1. The Labute approximate surface area is 158 Å². The van der Waals surface area contributed by atoms with Crippen LogP contribution in [0.3, 0.4) is 0 Å². The summed E-state index contributed by atoms with van der Waals surface area (Å²) in [6.45, 7) is 0.530. The molecule has 4 rings (SSSR count). The second-order valence-corrected chi connectivity index (χ2v) is 7.82. The van der Waals surface area contributed by atoms with Crippen LogP contribution in [0.4, 0.5) is 5.69 Å². The van der Waals surface area contributed by atoms with Crippen molar-refractivity contribution in [2.75, 3.05) is 18.4 Å². The van der Waals surface area contributed by atoms with Gasteiger partial charge in [0.05, 0.1) is 12.1 Å². The largest absolute Gasteiger partial charge is 0.362 e. The van der Waals surface area contributed by atoms with Gasteiger partial charge in [0.15, 0.2) is 0 Å². The molecule has 1 saturated carbocycles. The molecule has 0 unspecified atom stereocenters. The Morgan fingerprint density at radius 2 is 1.93 bits per heavy atom. The van der Waals surface area contributed by atoms with E-state index in [1.54, 1.807) is 11.0 Å². The molecule has 2 fully saturated rings. The van der Waals surface area contributed by atoms with Crippen molar-refractivity contribution in [3.8, 4) is 0 Å². The van der Waals surface area contributed by atoms with Gasteiger partial charge in [-0.1, -0.05) is 25.0 Å². The van der Waals surface area contributed by atoms with E-state index in [9.17, 15) is 14.4 Å². The third-order valence-corrected chi connectivity index (χ3v) is 5.88. The van der Waals surface area contributed by atoms with Crippen molar-refractivity contribution in [2.24, 2.45) is 0 Å². The Morgan fingerprint density at radius 3 is 2.74 bits per heavy atom. The van der Waals surface area contributed by atoms with Crippen molar-refractivity contribution in [3.63, 3.8) is 0 Å². The summed E-state index contributed by atoms with van der Waals surface area (Å²) in [7, 11) is 0. The molecule has 0 radical (unpaired) electrons. The zero-order chi connectivity index (χ0) is 18.9. The molecular weight excluding hydrogens is 344 g/mol. The first-order valence-corrected chi connectivity index (χ1v) is 9.82. The van der Waals surface area contributed by atoms with E-state index in [0.717, 1.165) is 31.4 Å². The van der Waals surface area contributed by atoms with Gasteiger partial charge >= 0.3 is 0 Å². The van der Waals surface area contributed by atoms with Crippen LogP contribution < -0.4 is 16.0 Å². The predicted molar refractivity (Wildman–Crippen MR) is 101 cm³/mol. The molecular formula is C20H26N4O3. The molecule has 0 bridgehead atoms. The summed E-state index contributed by atoms with van der Waals surface area (Å²) in [5.74, 6) is -0.246. The maximum atomic E-state index is 12.5. The fourth-order valence-electron chi connectivity index (χ4n) is 4.35. The Kier molecular flexibility index (Phi) is 4.76. The number of hydrogen-bond donors (Lipinski definition) is 3. The van der Waals surface area contributed by atoms with Crippen molar-refractivity contribution in [1.29, 1.82) is 0 Å². The molecule has 1 spiro atoms. The number of likely N-dealkylation sites (tertiary alicyclic amines) is 1. The second kappa shape index (κ2) is 7.21. The van der Waals surface area contributed by atoms with Crippen LogP contribution in [0, 0.1) is 0 Å². The van der Waals surface area contributed by atoms with Crippen LogP contribution in [-0.2, 0) is 9.59 Å². The smallest absolute Gasteiger partial charge is 0.255 e. The van der Waals surface area contributed by atoms with Gasteiger partial charge in [-0.05, 0) is 31.4 Å². The third kappa shape index (κ3) is 3.77. The molecule has 1 aromatic carbocycles. The molecule has 1 aliphatic carbocycles. The van der Waals surface area contributed by atoms with E-state index in [4.69, 9.17) is 0 Å². The molecule has 27 heavy (non-hydrogen) atoms. The fraction of sp³-hybridized carbons (Fsp3) is 0.550. The van der Waals surface area contributed by atoms with Crippen LogP contribution in [0.1, 0.15) is 55.3 Å². The molecule has 3 aliphatic rings. The number of nitrogens with one attached hydrogen (secondary N) is 3. The van der Waals surface area contributed by atoms with Crippen molar-refractivity contribution in [1.82, 2.24) is 15.5 Å². The molecule has 2 heterocycles. The van der Waals surface area contributed by atoms with E-state index in [2.05, 4.69) is 16.0 Å². The van der Waals surface area contributed by atoms with Crippen molar-refractivity contribution in [2.45, 2.75) is 56.7 Å². The minimum atomic E-state index is -0.641. The molecule has 1 saturated heterocycles. The molecule has 0 aromatic heterocycles. The Morgan fingerprint density at radius 1 is 1.15 bits per heavy atom. The number of benzene rings is 1. The fourth-order valence-corrected chi connectivity index (χ4v) is 4.35. The first-order chi connectivity index (χ1) is 13.0. The highest BCUT2D eigenvalue weighted by Gasteiger charge is 2.40. The lowest BCUT2D eigenvalue weighted by Gasteiger charge is -2.39. The number of anilines is 1. The monoisotopic (exact) mass is 370 g/mol. The van der Waals surface area contributed by atoms with Crippen LogP contribution in [0.15, 0.2) is 24.3 Å². The highest BCUT2D eigenvalue weighted by atomic mass is 16.2. The Hall–Kier alpha value is -2.57. The summed E-state index contributed by atoms with van der Waals surface area (Å²) >= 11 is 0. The first-order valence-electron chi connectivity index (χ1n) is 9.82. The zero-order valence-corrected chi connectivity index (χ0v) is 15.4. The van der Waals surface area contributed by atoms with Crippen LogP contribution in [0.2, 0.25) is 0 Å². The number of nitrogens with zero attached hydrogens (tertiary/aromatic N) is 1. The lowest BCUT2D eigenvalue weighted by Crippen LogP contribution is -2.58. The summed E-state index contributed by atoms with van der Waals surface area (Å²) in [5, 5.41) is 9.52. The molecule has 3 N–H and O–H groups in total. The number of rotatable bonds is 3. The van der Waals surface area contributed by atoms with Crippen LogP contribution in [-0.4, -0.2) is 47.4 Å². The maximum absolute atomic E-state index is 12.5. The number of carbonyl (C=O) groups excluding carboxylic acids is 3. The Balaban J connectivity index is 1.41. The molecule has 144 valence electrons. The maximum Gasteiger partial charge on any atom is 0.255 e. The number of fused-ring (bicyclic) bond motifs is 1. The summed E-state index contributed by atoms with van der Waals surface area (Å²) in [6.07, 6.45) is 5.73. The summed E-state index contributed by atoms with van der Waals surface area (Å²) in [6, 6.07) is 7.64. The van der Waals surface area contributed by atoms with Gasteiger partial charge in [0, 0.05) is 31.1 Å². The average Bonchev–Trinajstić information content (AvgIpc) is 3.11. The minimum absolute atomic E-state index is 0.0386. The van der Waals surface area contributed by atoms with Crippen LogP contribution in [0.25, 0.3) is 0 Å². The molecule has 7 heteroatoms. The van der Waals surface area contributed by atoms with Crippen molar-refractivity contribution in [3.05, 3.63) is 29.8 Å². The Bertz CT molecular complexity index is 759. The molecule has 3 amide bonds. The van der Waals surface area contributed by atoms with E-state index in [1.165, 1.54) is 0 Å². The van der Waals surface area contributed by atoms with E-state index in [0.29, 0.717) is 31.4 Å². The predicted octanol–water partition coefficient (Wildman–Crippen LogP) is 1.61. The second-order valence-electron chi connectivity index (χ2n) is 7.82. The normalized spacial score (nSPS) is 25.6. The van der Waals surface area contributed by atoms with Gasteiger partial charge in [0.1, 0.15) is 5.66 Å². The lowest BCUT2D eigenvalue weighted by molar-refractivity contribution is -0.135. The van der Waals surface area contributed by atoms with Gasteiger partial charge in [-0.15, -0.1) is 0 Å². The van der Waals surface area contributed by atoms with Gasteiger partial charge in [-0.3, -0.25) is 14.4 Å². The average molecular weight is 370 g/mol. The van der Waals surface area contributed by atoms with Gasteiger partial charge < -0.3 is 20.9 Å². The van der Waals surface area contributed by atoms with Crippen molar-refractivity contribution < 1.29 is 14.4 Å². The van der Waals surface area contributed by atoms with Crippen molar-refractivity contribution >= 4 is 23.4 Å². The van der Waals surface area contributed by atoms with Crippen LogP contribution >= 0.6 is 0 Å². The highest BCUT2D eigenvalue weighted by Crippen LogP contribution is 2.31. The molecule has 1 atom stereocenters. The standard InChI is InChI=1S/C20H26N4O3/c25-17(21-14-5-1-2-6-14)13-24-12-11-20(10-9-18(24)26)22-16-8-4-3-7-15(16)19(27)23-20/h3-4,7-8,14,22H,1-2,5-6,9-13H2,(H,21,25)(H,23,27)/t20-/m0/s1. The minimum Gasteiger partial charge on any atom is -0.362 e. The van der Waals surface area contributed by atoms with Gasteiger partial charge in [-0.25, -0.2) is 0 Å². The van der Waals surface area contributed by atoms with Gasteiger partial charge in [-0.2, -0.15) is 0 Å². The van der Waals surface area contributed by atoms with Crippen LogP contribution in [0.5, 0.6) is 0 Å². The number of carbonyl (C=O) groups is 3. The highest BCUT2D eigenvalue weighted by molar-refractivity contribution is 6.02. The summed E-state index contributed by atoms with van der Waals surface area (Å²) < 4.78 is 0. The molecule has 7 nitrogen and oxygen atoms in total. The first kappa shape index (κ1) is 17.8. The van der Waals surface area contributed by atoms with E-state index >= 15 is 0 Å². The summed E-state index contributed by atoms with van der Waals surface area (Å²) in [4.78, 5) is 39.0. The quantitative estimate of drug-likeness (QED) is 0.754. The van der Waals surface area contributed by atoms with Gasteiger partial charge in [0.2, 0.25) is 11.8 Å². The number of hydrogen-bond acceptors (Lipinski definition) is 4. The third-order valence-electron chi connectivity index (χ3n) is 5.88. The molecule has 2 aliphatic heterocycles. The van der Waals surface area contributed by atoms with Gasteiger partial charge in [0.25, 0.3) is 5.91 Å².